The van der Waals surface area contributed by atoms with Gasteiger partial charge in [-0.15, -0.1) is 11.8 Å². The Hall–Kier alpha value is -1.75. The van der Waals surface area contributed by atoms with Crippen LogP contribution in [-0.4, -0.2) is 27.5 Å². The smallest absolute Gasteiger partial charge is 0.233 e. The molecule has 2 heterocycles. The molecule has 0 radical (unpaired) electrons. The number of aryl methyl sites for hydroxylation is 2. The average Bonchev–Trinajstić information content (AvgIpc) is 3.11. The summed E-state index contributed by atoms with van der Waals surface area (Å²) < 4.78 is 1.88. The third-order valence-electron chi connectivity index (χ3n) is 3.61. The number of hydrogen-bond donors (Lipinski definition) is 1. The lowest BCUT2D eigenvalue weighted by Crippen LogP contribution is -2.33. The largest absolute Gasteiger partial charge is 0.355 e. The summed E-state index contributed by atoms with van der Waals surface area (Å²) in [5.74, 6) is 0.148. The van der Waals surface area contributed by atoms with Crippen LogP contribution < -0.4 is 5.32 Å². The molecule has 3 rings (SSSR count). The fourth-order valence-electron chi connectivity index (χ4n) is 2.48. The van der Waals surface area contributed by atoms with Crippen LogP contribution in [0.2, 0.25) is 0 Å². The Morgan fingerprint density at radius 3 is 3.24 bits per heavy atom. The van der Waals surface area contributed by atoms with E-state index in [0.29, 0.717) is 6.54 Å². The number of amides is 1. The van der Waals surface area contributed by atoms with Gasteiger partial charge >= 0.3 is 0 Å². The van der Waals surface area contributed by atoms with Crippen molar-refractivity contribution in [3.05, 3.63) is 47.8 Å². The van der Waals surface area contributed by atoms with Gasteiger partial charge in [-0.25, -0.2) is 0 Å². The van der Waals surface area contributed by atoms with E-state index in [4.69, 9.17) is 0 Å². The molecule has 1 aliphatic rings. The first kappa shape index (κ1) is 14.2. The number of nitrogens with one attached hydrogen (secondary N) is 1. The SMILES string of the molecule is Cc1ccc2c(c1)S[C@H](C(=O)NCCCn1cccn1)C2. The standard InChI is InChI=1S/C16H19N3OS/c1-12-4-5-13-11-15(21-14(13)10-12)16(20)17-6-2-8-19-9-3-7-18-19/h3-5,7,9-10,15H,2,6,8,11H2,1H3,(H,17,20)/t15-/m0/s1. The van der Waals surface area contributed by atoms with Gasteiger partial charge in [0.15, 0.2) is 0 Å². The highest BCUT2D eigenvalue weighted by molar-refractivity contribution is 8.01. The van der Waals surface area contributed by atoms with Crippen LogP contribution in [-0.2, 0) is 17.8 Å². The van der Waals surface area contributed by atoms with Crippen LogP contribution in [0.4, 0.5) is 0 Å². The second-order valence-corrected chi connectivity index (χ2v) is 6.58. The predicted molar refractivity (Wildman–Crippen MR) is 84.4 cm³/mol. The predicted octanol–water partition coefficient (Wildman–Crippen LogP) is 2.41. The molecular weight excluding hydrogens is 282 g/mol. The van der Waals surface area contributed by atoms with Gasteiger partial charge < -0.3 is 5.32 Å². The second-order valence-electron chi connectivity index (χ2n) is 5.34. The van der Waals surface area contributed by atoms with Crippen molar-refractivity contribution >= 4 is 17.7 Å². The van der Waals surface area contributed by atoms with Crippen molar-refractivity contribution in [2.24, 2.45) is 0 Å². The number of aromatic nitrogens is 2. The van der Waals surface area contributed by atoms with Gasteiger partial charge in [-0.1, -0.05) is 17.7 Å². The van der Waals surface area contributed by atoms with E-state index >= 15 is 0 Å². The van der Waals surface area contributed by atoms with Crippen molar-refractivity contribution in [3.8, 4) is 0 Å². The Morgan fingerprint density at radius 2 is 2.43 bits per heavy atom. The van der Waals surface area contributed by atoms with Gasteiger partial charge in [-0.05, 0) is 37.5 Å². The molecule has 1 amide bonds. The first-order valence-electron chi connectivity index (χ1n) is 7.24. The quantitative estimate of drug-likeness (QED) is 0.863. The van der Waals surface area contributed by atoms with Crippen LogP contribution in [0.25, 0.3) is 0 Å². The Bertz CT molecular complexity index is 624. The number of thioether (sulfide) groups is 1. The molecule has 1 aromatic heterocycles. The summed E-state index contributed by atoms with van der Waals surface area (Å²) in [5, 5.41) is 7.20. The number of fused-ring (bicyclic) bond motifs is 1. The van der Waals surface area contributed by atoms with Crippen molar-refractivity contribution in [2.45, 2.75) is 36.5 Å². The summed E-state index contributed by atoms with van der Waals surface area (Å²) in [6, 6.07) is 8.34. The van der Waals surface area contributed by atoms with Gasteiger partial charge in [-0.3, -0.25) is 9.48 Å². The van der Waals surface area contributed by atoms with Crippen molar-refractivity contribution < 1.29 is 4.79 Å². The van der Waals surface area contributed by atoms with E-state index in [-0.39, 0.29) is 11.2 Å². The van der Waals surface area contributed by atoms with Crippen LogP contribution in [0, 0.1) is 6.92 Å². The lowest BCUT2D eigenvalue weighted by molar-refractivity contribution is -0.120. The Balaban J connectivity index is 1.45. The molecule has 1 aliphatic heterocycles. The molecule has 4 nitrogen and oxygen atoms in total. The molecule has 0 spiro atoms. The number of rotatable bonds is 5. The van der Waals surface area contributed by atoms with E-state index in [1.54, 1.807) is 18.0 Å². The van der Waals surface area contributed by atoms with Gasteiger partial charge in [0.25, 0.3) is 0 Å². The zero-order valence-electron chi connectivity index (χ0n) is 12.1. The number of carbonyl (C=O) groups is 1. The van der Waals surface area contributed by atoms with Gasteiger partial charge in [-0.2, -0.15) is 5.10 Å². The van der Waals surface area contributed by atoms with E-state index in [9.17, 15) is 4.79 Å². The first-order valence-corrected chi connectivity index (χ1v) is 8.11. The maximum absolute atomic E-state index is 12.2. The second kappa shape index (κ2) is 6.35. The molecule has 0 fully saturated rings. The van der Waals surface area contributed by atoms with Crippen molar-refractivity contribution in [2.75, 3.05) is 6.54 Å². The van der Waals surface area contributed by atoms with E-state index < -0.39 is 0 Å². The summed E-state index contributed by atoms with van der Waals surface area (Å²) in [5.41, 5.74) is 2.55. The Labute approximate surface area is 128 Å². The molecule has 0 saturated carbocycles. The van der Waals surface area contributed by atoms with Gasteiger partial charge in [0.05, 0.1) is 5.25 Å². The fraction of sp³-hybridized carbons (Fsp3) is 0.375. The monoisotopic (exact) mass is 301 g/mol. The topological polar surface area (TPSA) is 46.9 Å². The van der Waals surface area contributed by atoms with Crippen molar-refractivity contribution in [1.82, 2.24) is 15.1 Å². The molecule has 110 valence electrons. The van der Waals surface area contributed by atoms with Gasteiger partial charge in [0, 0.05) is 30.4 Å². The minimum Gasteiger partial charge on any atom is -0.355 e. The molecule has 2 aromatic rings. The van der Waals surface area contributed by atoms with E-state index in [2.05, 4.69) is 35.5 Å². The minimum atomic E-state index is 0.0199. The fourth-order valence-corrected chi connectivity index (χ4v) is 3.80. The molecule has 5 heteroatoms. The van der Waals surface area contributed by atoms with Crippen LogP contribution in [0.1, 0.15) is 17.5 Å². The molecule has 0 unspecified atom stereocenters. The molecule has 0 aliphatic carbocycles. The molecule has 1 atom stereocenters. The minimum absolute atomic E-state index is 0.0199. The van der Waals surface area contributed by atoms with Crippen molar-refractivity contribution in [1.29, 1.82) is 0 Å². The summed E-state index contributed by atoms with van der Waals surface area (Å²) in [4.78, 5) is 13.5. The first-order chi connectivity index (χ1) is 10.2. The average molecular weight is 301 g/mol. The van der Waals surface area contributed by atoms with Crippen LogP contribution in [0.3, 0.4) is 0 Å². The molecule has 1 N–H and O–H groups in total. The molecule has 0 saturated heterocycles. The molecule has 21 heavy (non-hydrogen) atoms. The lowest BCUT2D eigenvalue weighted by atomic mass is 10.1. The maximum Gasteiger partial charge on any atom is 0.233 e. The van der Waals surface area contributed by atoms with Crippen LogP contribution in [0.5, 0.6) is 0 Å². The zero-order chi connectivity index (χ0) is 14.7. The molecular formula is C16H19N3OS. The summed E-state index contributed by atoms with van der Waals surface area (Å²) >= 11 is 1.68. The van der Waals surface area contributed by atoms with E-state index in [1.807, 2.05) is 16.9 Å². The summed E-state index contributed by atoms with van der Waals surface area (Å²) in [6.07, 6.45) is 5.45. The lowest BCUT2D eigenvalue weighted by Gasteiger charge is -2.09. The third-order valence-corrected chi connectivity index (χ3v) is 4.91. The summed E-state index contributed by atoms with van der Waals surface area (Å²) in [6.45, 7) is 3.62. The zero-order valence-corrected chi connectivity index (χ0v) is 12.9. The van der Waals surface area contributed by atoms with E-state index in [1.165, 1.54) is 16.0 Å². The number of benzene rings is 1. The Kier molecular flexibility index (Phi) is 4.29. The number of hydrogen-bond acceptors (Lipinski definition) is 3. The third kappa shape index (κ3) is 3.47. The van der Waals surface area contributed by atoms with Crippen LogP contribution >= 0.6 is 11.8 Å². The highest BCUT2D eigenvalue weighted by Crippen LogP contribution is 2.37. The van der Waals surface area contributed by atoms with Gasteiger partial charge in [0.2, 0.25) is 5.91 Å². The maximum atomic E-state index is 12.2. The van der Waals surface area contributed by atoms with E-state index in [0.717, 1.165) is 19.4 Å². The number of carbonyl (C=O) groups excluding carboxylic acids is 1. The van der Waals surface area contributed by atoms with Gasteiger partial charge in [0.1, 0.15) is 0 Å². The Morgan fingerprint density at radius 1 is 1.52 bits per heavy atom. The highest BCUT2D eigenvalue weighted by Gasteiger charge is 2.27. The molecule has 0 bridgehead atoms. The van der Waals surface area contributed by atoms with Crippen LogP contribution in [0.15, 0.2) is 41.6 Å². The number of nitrogens with zero attached hydrogens (tertiary/aromatic N) is 2. The van der Waals surface area contributed by atoms with Crippen molar-refractivity contribution in [3.63, 3.8) is 0 Å². The normalized spacial score (nSPS) is 16.7. The summed E-state index contributed by atoms with van der Waals surface area (Å²) in [7, 11) is 0. The molecule has 1 aromatic carbocycles. The highest BCUT2D eigenvalue weighted by atomic mass is 32.2.